The van der Waals surface area contributed by atoms with E-state index in [1.54, 1.807) is 14.2 Å². The minimum atomic E-state index is -0.433. The Labute approximate surface area is 251 Å². The summed E-state index contributed by atoms with van der Waals surface area (Å²) < 4.78 is 18.4. The Morgan fingerprint density at radius 1 is 0.854 bits per heavy atom. The lowest BCUT2D eigenvalue weighted by molar-refractivity contribution is -0.119. The Morgan fingerprint density at radius 3 is 2.02 bits per heavy atom. The molecule has 0 atom stereocenters. The van der Waals surface area contributed by atoms with Gasteiger partial charge in [0.25, 0.3) is 0 Å². The van der Waals surface area contributed by atoms with Crippen LogP contribution in [0.1, 0.15) is 70.4 Å². The van der Waals surface area contributed by atoms with Gasteiger partial charge in [0.1, 0.15) is 6.61 Å². The van der Waals surface area contributed by atoms with Gasteiger partial charge in [-0.3, -0.25) is 9.59 Å². The standard InChI is InChI=1S/C34H40BrNO5/c1-33(2)16-24-31(26(37)18-33)30(32-25(36(24)13-14-39-5)17-34(3,4)19-27(32)38)21-11-12-28(29(15-21)40-6)41-20-22-9-7-8-10-23(22)35/h7-12,15,30H,13-14,16-20H2,1-6H3. The van der Waals surface area contributed by atoms with Crippen molar-refractivity contribution in [3.05, 3.63) is 80.6 Å². The first-order valence-electron chi connectivity index (χ1n) is 14.3. The third kappa shape index (κ3) is 5.89. The molecule has 7 heteroatoms. The van der Waals surface area contributed by atoms with E-state index in [1.807, 2.05) is 42.5 Å². The van der Waals surface area contributed by atoms with Gasteiger partial charge in [-0.2, -0.15) is 0 Å². The van der Waals surface area contributed by atoms with Crippen LogP contribution in [0.4, 0.5) is 0 Å². The van der Waals surface area contributed by atoms with E-state index in [4.69, 9.17) is 14.2 Å². The molecule has 0 saturated carbocycles. The molecule has 0 spiro atoms. The van der Waals surface area contributed by atoms with E-state index in [9.17, 15) is 9.59 Å². The molecule has 1 aliphatic heterocycles. The summed E-state index contributed by atoms with van der Waals surface area (Å²) in [7, 11) is 3.31. The Hall–Kier alpha value is -2.90. The van der Waals surface area contributed by atoms with Gasteiger partial charge < -0.3 is 19.1 Å². The second kappa shape index (κ2) is 11.4. The second-order valence-corrected chi connectivity index (χ2v) is 13.8. The SMILES string of the molecule is COCCN1C2=C(C(=O)CC(C)(C)C2)C(c2ccc(OCc3ccccc3Br)c(OC)c2)C2=C1CC(C)(C)CC2=O. The Bertz CT molecular complexity index is 1380. The van der Waals surface area contributed by atoms with E-state index in [2.05, 4.69) is 48.5 Å². The maximum Gasteiger partial charge on any atom is 0.162 e. The molecule has 0 fully saturated rings. The van der Waals surface area contributed by atoms with Gasteiger partial charge >= 0.3 is 0 Å². The fourth-order valence-corrected chi connectivity index (χ4v) is 6.99. The first-order valence-corrected chi connectivity index (χ1v) is 15.1. The highest BCUT2D eigenvalue weighted by atomic mass is 79.9. The second-order valence-electron chi connectivity index (χ2n) is 13.0. The Balaban J connectivity index is 1.62. The average molecular weight is 623 g/mol. The first-order chi connectivity index (χ1) is 19.4. The quantitative estimate of drug-likeness (QED) is 0.307. The third-order valence-electron chi connectivity index (χ3n) is 8.40. The lowest BCUT2D eigenvalue weighted by Crippen LogP contribution is -2.45. The fraction of sp³-hybridized carbons (Fsp3) is 0.471. The summed E-state index contributed by atoms with van der Waals surface area (Å²) in [5, 5.41) is 0. The van der Waals surface area contributed by atoms with E-state index in [0.29, 0.717) is 44.1 Å². The molecular formula is C34H40BrNO5. The zero-order chi connectivity index (χ0) is 29.5. The van der Waals surface area contributed by atoms with Crippen LogP contribution in [0.5, 0.6) is 11.5 Å². The molecule has 0 unspecified atom stereocenters. The van der Waals surface area contributed by atoms with Crippen LogP contribution in [0, 0.1) is 10.8 Å². The minimum absolute atomic E-state index is 0.112. The molecule has 0 aromatic heterocycles. The van der Waals surface area contributed by atoms with Crippen LogP contribution < -0.4 is 9.47 Å². The number of carbonyl (C=O) groups excluding carboxylic acids is 2. The number of Topliss-reactive ketones (excluding diaryl/α,β-unsaturated/α-hetero) is 2. The largest absolute Gasteiger partial charge is 0.493 e. The summed E-state index contributed by atoms with van der Waals surface area (Å²) in [6, 6.07) is 13.8. The number of nitrogens with zero attached hydrogens (tertiary/aromatic N) is 1. The summed E-state index contributed by atoms with van der Waals surface area (Å²) in [6.07, 6.45) is 2.44. The van der Waals surface area contributed by atoms with Crippen LogP contribution in [0.15, 0.2) is 69.5 Å². The molecule has 3 aliphatic rings. The Kier molecular flexibility index (Phi) is 8.23. The minimum Gasteiger partial charge on any atom is -0.493 e. The van der Waals surface area contributed by atoms with Crippen LogP contribution in [0.3, 0.4) is 0 Å². The third-order valence-corrected chi connectivity index (χ3v) is 9.18. The monoisotopic (exact) mass is 621 g/mol. The van der Waals surface area contributed by atoms with E-state index in [1.165, 1.54) is 0 Å². The van der Waals surface area contributed by atoms with Crippen molar-refractivity contribution in [2.75, 3.05) is 27.4 Å². The molecular weight excluding hydrogens is 582 g/mol. The van der Waals surface area contributed by atoms with E-state index >= 15 is 0 Å². The van der Waals surface area contributed by atoms with Crippen LogP contribution in [-0.4, -0.2) is 43.8 Å². The first kappa shape index (κ1) is 29.6. The van der Waals surface area contributed by atoms with Gasteiger partial charge in [0.05, 0.1) is 13.7 Å². The summed E-state index contributed by atoms with van der Waals surface area (Å²) >= 11 is 3.58. The van der Waals surface area contributed by atoms with E-state index < -0.39 is 5.92 Å². The number of ether oxygens (including phenoxy) is 3. The molecule has 2 aromatic carbocycles. The lowest BCUT2D eigenvalue weighted by Gasteiger charge is -2.49. The van der Waals surface area contributed by atoms with Crippen LogP contribution in [-0.2, 0) is 20.9 Å². The van der Waals surface area contributed by atoms with Crippen molar-refractivity contribution in [2.45, 2.75) is 65.9 Å². The number of carbonyl (C=O) groups is 2. The number of hydrogen-bond acceptors (Lipinski definition) is 6. The van der Waals surface area contributed by atoms with Gasteiger partial charge in [-0.25, -0.2) is 0 Å². The number of methoxy groups -OCH3 is 2. The molecule has 1 heterocycles. The number of benzene rings is 2. The molecule has 0 N–H and O–H groups in total. The van der Waals surface area contributed by atoms with Crippen LogP contribution in [0.25, 0.3) is 0 Å². The van der Waals surface area contributed by atoms with Crippen molar-refractivity contribution in [3.8, 4) is 11.5 Å². The maximum absolute atomic E-state index is 14.0. The topological polar surface area (TPSA) is 65.1 Å². The number of halogens is 1. The highest BCUT2D eigenvalue weighted by molar-refractivity contribution is 9.10. The molecule has 0 bridgehead atoms. The summed E-state index contributed by atoms with van der Waals surface area (Å²) in [5.74, 6) is 0.979. The van der Waals surface area contributed by atoms with Gasteiger partial charge in [-0.05, 0) is 47.4 Å². The zero-order valence-electron chi connectivity index (χ0n) is 24.9. The van der Waals surface area contributed by atoms with Crippen LogP contribution >= 0.6 is 15.9 Å². The molecule has 2 aliphatic carbocycles. The number of ketones is 2. The molecule has 6 nitrogen and oxygen atoms in total. The summed E-state index contributed by atoms with van der Waals surface area (Å²) in [6.45, 7) is 10.1. The fourth-order valence-electron chi connectivity index (χ4n) is 6.59. The lowest BCUT2D eigenvalue weighted by atomic mass is 9.63. The summed E-state index contributed by atoms with van der Waals surface area (Å²) in [5.41, 5.74) is 5.13. The summed E-state index contributed by atoms with van der Waals surface area (Å²) in [4.78, 5) is 30.2. The number of allylic oxidation sites excluding steroid dienone is 4. The maximum atomic E-state index is 14.0. The molecule has 41 heavy (non-hydrogen) atoms. The van der Waals surface area contributed by atoms with E-state index in [-0.39, 0.29) is 22.4 Å². The number of rotatable bonds is 8. The molecule has 0 amide bonds. The van der Waals surface area contributed by atoms with Crippen molar-refractivity contribution in [3.63, 3.8) is 0 Å². The predicted molar refractivity (Wildman–Crippen MR) is 163 cm³/mol. The highest BCUT2D eigenvalue weighted by Gasteiger charge is 2.49. The van der Waals surface area contributed by atoms with Crippen molar-refractivity contribution in [1.29, 1.82) is 0 Å². The highest BCUT2D eigenvalue weighted by Crippen LogP contribution is 2.54. The van der Waals surface area contributed by atoms with Crippen molar-refractivity contribution in [1.82, 2.24) is 4.90 Å². The van der Waals surface area contributed by atoms with Crippen molar-refractivity contribution >= 4 is 27.5 Å². The molecule has 5 rings (SSSR count). The van der Waals surface area contributed by atoms with Crippen molar-refractivity contribution in [2.24, 2.45) is 10.8 Å². The molecule has 2 aromatic rings. The van der Waals surface area contributed by atoms with Gasteiger partial charge in [-0.15, -0.1) is 0 Å². The van der Waals surface area contributed by atoms with Gasteiger partial charge in [0.2, 0.25) is 0 Å². The van der Waals surface area contributed by atoms with Gasteiger partial charge in [0.15, 0.2) is 23.1 Å². The van der Waals surface area contributed by atoms with Crippen LogP contribution in [0.2, 0.25) is 0 Å². The van der Waals surface area contributed by atoms with Crippen molar-refractivity contribution < 1.29 is 23.8 Å². The van der Waals surface area contributed by atoms with Gasteiger partial charge in [-0.1, -0.05) is 67.9 Å². The molecule has 218 valence electrons. The Morgan fingerprint density at radius 2 is 1.46 bits per heavy atom. The smallest absolute Gasteiger partial charge is 0.162 e. The van der Waals surface area contributed by atoms with Gasteiger partial charge in [0, 0.05) is 65.0 Å². The predicted octanol–water partition coefficient (Wildman–Crippen LogP) is 7.37. The number of hydrogen-bond donors (Lipinski definition) is 0. The van der Waals surface area contributed by atoms with E-state index in [0.717, 1.165) is 51.0 Å². The average Bonchev–Trinajstić information content (AvgIpc) is 2.90. The normalized spacial score (nSPS) is 20.2. The molecule has 0 radical (unpaired) electrons. The molecule has 0 saturated heterocycles. The zero-order valence-corrected chi connectivity index (χ0v) is 26.5.